The fraction of sp³-hybridized carbons (Fsp3) is 0.562. The van der Waals surface area contributed by atoms with Crippen molar-refractivity contribution in [3.05, 3.63) is 35.9 Å². The van der Waals surface area contributed by atoms with E-state index in [2.05, 4.69) is 4.90 Å². The molecule has 1 fully saturated rings. The second kappa shape index (κ2) is 6.83. The Bertz CT molecular complexity index is 400. The highest BCUT2D eigenvalue weighted by molar-refractivity contribution is 5.99. The Hall–Kier alpha value is -1.19. The topological polar surface area (TPSA) is 40.5 Å². The summed E-state index contributed by atoms with van der Waals surface area (Å²) in [6.07, 6.45) is 4.35. The van der Waals surface area contributed by atoms with Crippen LogP contribution in [0.4, 0.5) is 0 Å². The maximum absolute atomic E-state index is 12.5. The third kappa shape index (κ3) is 3.43. The third-order valence-electron chi connectivity index (χ3n) is 4.05. The molecule has 1 atom stereocenters. The average molecular weight is 261 g/mol. The van der Waals surface area contributed by atoms with Gasteiger partial charge in [0.25, 0.3) is 0 Å². The second-order valence-corrected chi connectivity index (χ2v) is 5.31. The Balaban J connectivity index is 2.05. The molecule has 3 heteroatoms. The van der Waals surface area contributed by atoms with Gasteiger partial charge in [-0.25, -0.2) is 0 Å². The van der Waals surface area contributed by atoms with Crippen molar-refractivity contribution < 1.29 is 9.90 Å². The summed E-state index contributed by atoms with van der Waals surface area (Å²) in [5.41, 5.74) is 0.781. The van der Waals surface area contributed by atoms with E-state index in [0.29, 0.717) is 6.04 Å². The first kappa shape index (κ1) is 14.2. The molecule has 0 heterocycles. The van der Waals surface area contributed by atoms with E-state index in [4.69, 9.17) is 5.11 Å². The van der Waals surface area contributed by atoms with Crippen molar-refractivity contribution in [3.8, 4) is 0 Å². The fourth-order valence-electron chi connectivity index (χ4n) is 2.66. The Morgan fingerprint density at radius 2 is 2.05 bits per heavy atom. The molecule has 3 nitrogen and oxygen atoms in total. The summed E-state index contributed by atoms with van der Waals surface area (Å²) in [4.78, 5) is 14.8. The van der Waals surface area contributed by atoms with Crippen LogP contribution in [0.25, 0.3) is 0 Å². The van der Waals surface area contributed by atoms with Crippen molar-refractivity contribution in [1.29, 1.82) is 0 Å². The molecule has 1 N–H and O–H groups in total. The molecule has 1 aromatic rings. The van der Waals surface area contributed by atoms with Crippen molar-refractivity contribution in [2.24, 2.45) is 0 Å². The molecule has 0 amide bonds. The SMILES string of the molecule is CC(C(=O)c1ccccc1)N(CCCO)C1CCC1. The minimum Gasteiger partial charge on any atom is -0.396 e. The lowest BCUT2D eigenvalue weighted by Crippen LogP contribution is -2.49. The summed E-state index contributed by atoms with van der Waals surface area (Å²) >= 11 is 0. The van der Waals surface area contributed by atoms with Gasteiger partial charge in [-0.1, -0.05) is 36.8 Å². The molecule has 0 radical (unpaired) electrons. The number of carbonyl (C=O) groups excluding carboxylic acids is 1. The zero-order chi connectivity index (χ0) is 13.7. The van der Waals surface area contributed by atoms with Crippen LogP contribution < -0.4 is 0 Å². The molecule has 1 aliphatic carbocycles. The van der Waals surface area contributed by atoms with Gasteiger partial charge in [0, 0.05) is 24.8 Å². The van der Waals surface area contributed by atoms with Gasteiger partial charge >= 0.3 is 0 Å². The van der Waals surface area contributed by atoms with Crippen molar-refractivity contribution in [2.75, 3.05) is 13.2 Å². The van der Waals surface area contributed by atoms with E-state index in [0.717, 1.165) is 18.5 Å². The van der Waals surface area contributed by atoms with E-state index < -0.39 is 0 Å². The normalized spacial score (nSPS) is 17.2. The first-order chi connectivity index (χ1) is 9.24. The van der Waals surface area contributed by atoms with Gasteiger partial charge < -0.3 is 5.11 Å². The van der Waals surface area contributed by atoms with E-state index in [-0.39, 0.29) is 18.4 Å². The third-order valence-corrected chi connectivity index (χ3v) is 4.05. The van der Waals surface area contributed by atoms with E-state index in [1.807, 2.05) is 37.3 Å². The first-order valence-corrected chi connectivity index (χ1v) is 7.20. The minimum absolute atomic E-state index is 0.0979. The average Bonchev–Trinajstić information content (AvgIpc) is 2.40. The maximum Gasteiger partial charge on any atom is 0.179 e. The molecule has 0 bridgehead atoms. The monoisotopic (exact) mass is 261 g/mol. The Morgan fingerprint density at radius 1 is 1.37 bits per heavy atom. The number of hydrogen-bond acceptors (Lipinski definition) is 3. The zero-order valence-corrected chi connectivity index (χ0v) is 11.6. The predicted molar refractivity (Wildman–Crippen MR) is 76.3 cm³/mol. The molecule has 1 saturated carbocycles. The lowest BCUT2D eigenvalue weighted by atomic mass is 9.89. The molecule has 1 aliphatic rings. The van der Waals surface area contributed by atoms with Crippen LogP contribution in [0.3, 0.4) is 0 Å². The van der Waals surface area contributed by atoms with Gasteiger partial charge in [-0.2, -0.15) is 0 Å². The highest BCUT2D eigenvalue weighted by atomic mass is 16.3. The number of carbonyl (C=O) groups is 1. The van der Waals surface area contributed by atoms with Crippen molar-refractivity contribution in [1.82, 2.24) is 4.90 Å². The van der Waals surface area contributed by atoms with Crippen LogP contribution in [0.2, 0.25) is 0 Å². The number of aliphatic hydroxyl groups is 1. The first-order valence-electron chi connectivity index (χ1n) is 7.20. The highest BCUT2D eigenvalue weighted by Crippen LogP contribution is 2.27. The van der Waals surface area contributed by atoms with Gasteiger partial charge in [-0.05, 0) is 26.2 Å². The minimum atomic E-state index is -0.0979. The van der Waals surface area contributed by atoms with E-state index >= 15 is 0 Å². The number of Topliss-reactive ketones (excluding diaryl/α,β-unsaturated/α-hetero) is 1. The molecule has 2 rings (SSSR count). The molecular weight excluding hydrogens is 238 g/mol. The van der Waals surface area contributed by atoms with Crippen LogP contribution in [0, 0.1) is 0 Å². The molecule has 0 aromatic heterocycles. The summed E-state index contributed by atoms with van der Waals surface area (Å²) in [6, 6.07) is 9.92. The maximum atomic E-state index is 12.5. The number of nitrogens with zero attached hydrogens (tertiary/aromatic N) is 1. The second-order valence-electron chi connectivity index (χ2n) is 5.31. The van der Waals surface area contributed by atoms with Crippen LogP contribution in [-0.4, -0.2) is 41.0 Å². The van der Waals surface area contributed by atoms with E-state index in [9.17, 15) is 4.79 Å². The quantitative estimate of drug-likeness (QED) is 0.767. The van der Waals surface area contributed by atoms with Crippen LogP contribution in [0.1, 0.15) is 43.0 Å². The fourth-order valence-corrected chi connectivity index (χ4v) is 2.66. The van der Waals surface area contributed by atoms with Crippen molar-refractivity contribution >= 4 is 5.78 Å². The van der Waals surface area contributed by atoms with Crippen molar-refractivity contribution in [2.45, 2.75) is 44.7 Å². The van der Waals surface area contributed by atoms with Crippen LogP contribution in [0.5, 0.6) is 0 Å². The lowest BCUT2D eigenvalue weighted by Gasteiger charge is -2.40. The van der Waals surface area contributed by atoms with Gasteiger partial charge in [0.15, 0.2) is 5.78 Å². The van der Waals surface area contributed by atoms with Gasteiger partial charge in [-0.3, -0.25) is 9.69 Å². The number of rotatable bonds is 7. The smallest absolute Gasteiger partial charge is 0.179 e. The molecular formula is C16H23NO2. The van der Waals surface area contributed by atoms with Gasteiger partial charge in [0.1, 0.15) is 0 Å². The Kier molecular flexibility index (Phi) is 5.11. The molecule has 0 saturated heterocycles. The summed E-state index contributed by atoms with van der Waals surface area (Å²) in [7, 11) is 0. The highest BCUT2D eigenvalue weighted by Gasteiger charge is 2.31. The Morgan fingerprint density at radius 3 is 2.58 bits per heavy atom. The van der Waals surface area contributed by atoms with Crippen LogP contribution >= 0.6 is 0 Å². The van der Waals surface area contributed by atoms with Crippen molar-refractivity contribution in [3.63, 3.8) is 0 Å². The van der Waals surface area contributed by atoms with Gasteiger partial charge in [-0.15, -0.1) is 0 Å². The Labute approximate surface area is 115 Å². The molecule has 1 unspecified atom stereocenters. The molecule has 1 aromatic carbocycles. The van der Waals surface area contributed by atoms with Crippen LogP contribution in [-0.2, 0) is 0 Å². The summed E-state index contributed by atoms with van der Waals surface area (Å²) < 4.78 is 0. The number of hydrogen-bond donors (Lipinski definition) is 1. The van der Waals surface area contributed by atoms with Crippen LogP contribution in [0.15, 0.2) is 30.3 Å². The molecule has 0 spiro atoms. The summed E-state index contributed by atoms with van der Waals surface area (Å²) in [5.74, 6) is 0.186. The van der Waals surface area contributed by atoms with Gasteiger partial charge in [0.05, 0.1) is 6.04 Å². The van der Waals surface area contributed by atoms with E-state index in [1.54, 1.807) is 0 Å². The largest absolute Gasteiger partial charge is 0.396 e. The standard InChI is InChI=1S/C16H23NO2/c1-13(16(19)14-7-3-2-4-8-14)17(11-6-12-18)15-9-5-10-15/h2-4,7-8,13,15,18H,5-6,9-12H2,1H3. The zero-order valence-electron chi connectivity index (χ0n) is 11.6. The number of ketones is 1. The number of benzene rings is 1. The predicted octanol–water partition coefficient (Wildman–Crippen LogP) is 2.49. The molecule has 104 valence electrons. The summed E-state index contributed by atoms with van der Waals surface area (Å²) in [6.45, 7) is 2.99. The molecule has 0 aliphatic heterocycles. The lowest BCUT2D eigenvalue weighted by molar-refractivity contribution is 0.0585. The van der Waals surface area contributed by atoms with E-state index in [1.165, 1.54) is 19.3 Å². The summed E-state index contributed by atoms with van der Waals surface area (Å²) in [5, 5.41) is 9.01. The molecule has 19 heavy (non-hydrogen) atoms. The number of aliphatic hydroxyl groups excluding tert-OH is 1. The van der Waals surface area contributed by atoms with Gasteiger partial charge in [0.2, 0.25) is 0 Å².